The zero-order valence-electron chi connectivity index (χ0n) is 14.5. The zero-order valence-corrected chi connectivity index (χ0v) is 15.4. The van der Waals surface area contributed by atoms with Crippen LogP contribution in [-0.2, 0) is 16.2 Å². The van der Waals surface area contributed by atoms with Crippen LogP contribution in [0, 0.1) is 11.3 Å². The summed E-state index contributed by atoms with van der Waals surface area (Å²) >= 11 is 0. The van der Waals surface area contributed by atoms with E-state index in [0.717, 1.165) is 6.07 Å². The van der Waals surface area contributed by atoms with Crippen LogP contribution in [-0.4, -0.2) is 24.3 Å². The molecule has 0 radical (unpaired) electrons. The Balaban J connectivity index is 2.42. The first-order valence-electron chi connectivity index (χ1n) is 7.79. The van der Waals surface area contributed by atoms with E-state index in [0.29, 0.717) is 12.3 Å². The summed E-state index contributed by atoms with van der Waals surface area (Å²) in [5.41, 5.74) is -4.24. The molecular weight excluding hydrogens is 413 g/mol. The van der Waals surface area contributed by atoms with E-state index in [9.17, 15) is 31.2 Å². The van der Waals surface area contributed by atoms with Crippen LogP contribution in [0.2, 0.25) is 0 Å². The summed E-state index contributed by atoms with van der Waals surface area (Å²) < 4.78 is 63.8. The quantitative estimate of drug-likeness (QED) is 0.663. The highest BCUT2D eigenvalue weighted by atomic mass is 32.2. The van der Waals surface area contributed by atoms with Crippen molar-refractivity contribution in [3.63, 3.8) is 0 Å². The second-order valence-corrected chi connectivity index (χ2v) is 7.79. The lowest BCUT2D eigenvalue weighted by molar-refractivity contribution is -0.137. The van der Waals surface area contributed by atoms with Crippen molar-refractivity contribution in [2.75, 3.05) is 11.1 Å². The topological polar surface area (TPSA) is 125 Å². The normalized spacial score (nSPS) is 12.0. The van der Waals surface area contributed by atoms with Crippen LogP contribution >= 0.6 is 0 Å². The van der Waals surface area contributed by atoms with E-state index in [4.69, 9.17) is 5.26 Å². The molecule has 0 aliphatic heterocycles. The van der Waals surface area contributed by atoms with Crippen molar-refractivity contribution in [1.82, 2.24) is 9.66 Å². The highest BCUT2D eigenvalue weighted by molar-refractivity contribution is 7.91. The SMILES string of the molecule is CS(=O)(=O)Nn1c(=O)[nH]c2cc(C(F)(F)F)c(-c3cccc(C#N)c3)cc2c1=O. The van der Waals surface area contributed by atoms with Gasteiger partial charge in [-0.05, 0) is 35.4 Å². The van der Waals surface area contributed by atoms with Crippen molar-refractivity contribution in [1.29, 1.82) is 5.26 Å². The number of nitriles is 1. The first-order valence-corrected chi connectivity index (χ1v) is 9.68. The van der Waals surface area contributed by atoms with Gasteiger partial charge in [-0.2, -0.15) is 23.1 Å². The van der Waals surface area contributed by atoms with Crippen molar-refractivity contribution in [3.05, 3.63) is 68.4 Å². The monoisotopic (exact) mass is 424 g/mol. The Labute approximate surface area is 160 Å². The van der Waals surface area contributed by atoms with Gasteiger partial charge in [0.1, 0.15) is 0 Å². The van der Waals surface area contributed by atoms with Gasteiger partial charge >= 0.3 is 11.9 Å². The maximum absolute atomic E-state index is 13.6. The van der Waals surface area contributed by atoms with Crippen molar-refractivity contribution in [2.45, 2.75) is 6.18 Å². The Bertz CT molecular complexity index is 1400. The number of benzene rings is 2. The lowest BCUT2D eigenvalue weighted by Crippen LogP contribution is -2.43. The first-order chi connectivity index (χ1) is 13.4. The van der Waals surface area contributed by atoms with Crippen molar-refractivity contribution < 1.29 is 21.6 Å². The zero-order chi connectivity index (χ0) is 21.6. The van der Waals surface area contributed by atoms with E-state index in [-0.39, 0.29) is 21.2 Å². The number of halogens is 3. The van der Waals surface area contributed by atoms with Crippen LogP contribution in [0.3, 0.4) is 0 Å². The van der Waals surface area contributed by atoms with Crippen LogP contribution in [0.1, 0.15) is 11.1 Å². The predicted octanol–water partition coefficient (Wildman–Crippen LogP) is 1.75. The number of aromatic amines is 1. The fraction of sp³-hybridized carbons (Fsp3) is 0.118. The maximum Gasteiger partial charge on any atom is 0.417 e. The van der Waals surface area contributed by atoms with Crippen molar-refractivity contribution in [3.8, 4) is 17.2 Å². The molecular formula is C17H11F3N4O4S. The van der Waals surface area contributed by atoms with Gasteiger partial charge in [-0.15, -0.1) is 0 Å². The average Bonchev–Trinajstić information content (AvgIpc) is 2.63. The molecule has 8 nitrogen and oxygen atoms in total. The number of fused-ring (bicyclic) bond motifs is 1. The maximum atomic E-state index is 13.6. The summed E-state index contributed by atoms with van der Waals surface area (Å²) in [6.07, 6.45) is -4.13. The summed E-state index contributed by atoms with van der Waals surface area (Å²) in [5.74, 6) is 0. The van der Waals surface area contributed by atoms with Crippen LogP contribution in [0.4, 0.5) is 13.2 Å². The molecule has 0 aliphatic rings. The van der Waals surface area contributed by atoms with Crippen LogP contribution in [0.15, 0.2) is 46.0 Å². The first kappa shape index (κ1) is 20.2. The molecule has 0 atom stereocenters. The molecule has 1 heterocycles. The van der Waals surface area contributed by atoms with E-state index in [2.05, 4.69) is 4.98 Å². The van der Waals surface area contributed by atoms with E-state index in [1.807, 2.05) is 6.07 Å². The van der Waals surface area contributed by atoms with Crippen LogP contribution in [0.5, 0.6) is 0 Å². The molecule has 0 bridgehead atoms. The Hall–Kier alpha value is -3.59. The molecule has 0 spiro atoms. The van der Waals surface area contributed by atoms with Gasteiger partial charge in [0.15, 0.2) is 0 Å². The minimum Gasteiger partial charge on any atom is -0.305 e. The molecule has 2 aromatic carbocycles. The number of aromatic nitrogens is 2. The molecule has 0 amide bonds. The second-order valence-electron chi connectivity index (χ2n) is 6.07. The minimum atomic E-state index is -4.83. The fourth-order valence-electron chi connectivity index (χ4n) is 2.74. The summed E-state index contributed by atoms with van der Waals surface area (Å²) in [6.45, 7) is 0. The third-order valence-corrected chi connectivity index (χ3v) is 4.42. The van der Waals surface area contributed by atoms with E-state index in [1.54, 1.807) is 4.83 Å². The smallest absolute Gasteiger partial charge is 0.305 e. The Kier molecular flexibility index (Phi) is 4.71. The molecule has 12 heteroatoms. The standard InChI is InChI=1S/C17H11F3N4O4S/c1-29(27,28)23-24-15(25)12-6-11(10-4-2-3-9(5-10)8-21)13(17(18,19)20)7-14(12)22-16(24)26/h2-7,23H,1H3,(H,22,26). The van der Waals surface area contributed by atoms with Gasteiger partial charge in [0.25, 0.3) is 5.56 Å². The minimum absolute atomic E-state index is 0.0199. The fourth-order valence-corrected chi connectivity index (χ4v) is 3.24. The second kappa shape index (κ2) is 6.78. The molecule has 0 aliphatic carbocycles. The van der Waals surface area contributed by atoms with Crippen molar-refractivity contribution >= 4 is 20.9 Å². The summed E-state index contributed by atoms with van der Waals surface area (Å²) in [5, 5.41) is 8.64. The van der Waals surface area contributed by atoms with Gasteiger partial charge in [-0.1, -0.05) is 12.1 Å². The van der Waals surface area contributed by atoms with Crippen molar-refractivity contribution in [2.24, 2.45) is 0 Å². The highest BCUT2D eigenvalue weighted by Crippen LogP contribution is 2.38. The summed E-state index contributed by atoms with van der Waals surface area (Å²) in [6, 6.07) is 8.64. The van der Waals surface area contributed by atoms with Gasteiger partial charge < -0.3 is 4.98 Å². The number of H-pyrrole nitrogens is 1. The van der Waals surface area contributed by atoms with Crippen LogP contribution < -0.4 is 16.1 Å². The Morgan fingerprint density at radius 1 is 1.17 bits per heavy atom. The number of hydrogen-bond donors (Lipinski definition) is 2. The highest BCUT2D eigenvalue weighted by Gasteiger charge is 2.34. The molecule has 3 rings (SSSR count). The lowest BCUT2D eigenvalue weighted by atomic mass is 9.96. The molecule has 3 aromatic rings. The molecule has 0 fully saturated rings. The number of nitrogens with one attached hydrogen (secondary N) is 2. The number of sulfonamides is 1. The van der Waals surface area contributed by atoms with E-state index in [1.165, 1.54) is 24.3 Å². The molecule has 29 heavy (non-hydrogen) atoms. The molecule has 1 aromatic heterocycles. The lowest BCUT2D eigenvalue weighted by Gasteiger charge is -2.15. The average molecular weight is 424 g/mol. The van der Waals surface area contributed by atoms with E-state index >= 15 is 0 Å². The van der Waals surface area contributed by atoms with Gasteiger partial charge in [0.05, 0.1) is 34.4 Å². The number of rotatable bonds is 3. The third kappa shape index (κ3) is 3.99. The molecule has 0 saturated heterocycles. The molecule has 150 valence electrons. The Morgan fingerprint density at radius 2 is 1.86 bits per heavy atom. The van der Waals surface area contributed by atoms with Gasteiger partial charge in [0, 0.05) is 0 Å². The van der Waals surface area contributed by atoms with Gasteiger partial charge in [-0.25, -0.2) is 18.0 Å². The predicted molar refractivity (Wildman–Crippen MR) is 98.2 cm³/mol. The number of hydrogen-bond acceptors (Lipinski definition) is 5. The molecule has 0 saturated carbocycles. The summed E-state index contributed by atoms with van der Waals surface area (Å²) in [7, 11) is -4.02. The van der Waals surface area contributed by atoms with Gasteiger partial charge in [0.2, 0.25) is 10.0 Å². The van der Waals surface area contributed by atoms with Gasteiger partial charge in [-0.3, -0.25) is 4.79 Å². The Morgan fingerprint density at radius 3 is 2.45 bits per heavy atom. The largest absolute Gasteiger partial charge is 0.417 e. The third-order valence-electron chi connectivity index (χ3n) is 3.90. The van der Waals surface area contributed by atoms with Crippen LogP contribution in [0.25, 0.3) is 22.0 Å². The molecule has 0 unspecified atom stereocenters. The molecule has 2 N–H and O–H groups in total. The van der Waals surface area contributed by atoms with E-state index < -0.39 is 44.1 Å². The number of alkyl halides is 3. The summed E-state index contributed by atoms with van der Waals surface area (Å²) in [4.78, 5) is 28.3. The number of nitrogens with zero attached hydrogens (tertiary/aromatic N) is 2.